The molecule has 0 saturated heterocycles. The minimum atomic E-state index is -0.382. The molecule has 0 aliphatic heterocycles. The summed E-state index contributed by atoms with van der Waals surface area (Å²) in [6.07, 6.45) is 1.74. The summed E-state index contributed by atoms with van der Waals surface area (Å²) in [6.45, 7) is 6.26. The van der Waals surface area contributed by atoms with E-state index in [-0.39, 0.29) is 17.8 Å². The van der Waals surface area contributed by atoms with Crippen LogP contribution in [0, 0.1) is 0 Å². The molecule has 0 radical (unpaired) electrons. The van der Waals surface area contributed by atoms with Crippen LogP contribution in [0.5, 0.6) is 5.75 Å². The molecule has 1 unspecified atom stereocenters. The van der Waals surface area contributed by atoms with E-state index in [1.807, 2.05) is 4.57 Å². The molecule has 0 fully saturated rings. The number of rotatable bonds is 8. The first kappa shape index (κ1) is 18.4. The van der Waals surface area contributed by atoms with Gasteiger partial charge in [0.05, 0.1) is 7.11 Å². The Morgan fingerprint density at radius 3 is 2.75 bits per heavy atom. The highest BCUT2D eigenvalue weighted by Gasteiger charge is 2.20. The van der Waals surface area contributed by atoms with Crippen molar-refractivity contribution in [2.45, 2.75) is 30.5 Å². The van der Waals surface area contributed by atoms with Crippen LogP contribution in [0.4, 0.5) is 0 Å². The molecule has 0 aliphatic rings. The number of allylic oxidation sites excluding steroid dienone is 1. The Balaban J connectivity index is 2.10. The highest BCUT2D eigenvalue weighted by Crippen LogP contribution is 2.24. The van der Waals surface area contributed by atoms with Crippen molar-refractivity contribution in [1.82, 2.24) is 14.8 Å². The van der Waals surface area contributed by atoms with Crippen LogP contribution < -0.4 is 4.74 Å². The zero-order valence-corrected chi connectivity index (χ0v) is 15.0. The fraction of sp³-hybridized carbons (Fsp3) is 0.312. The number of halogens is 1. The maximum Gasteiger partial charge on any atom is 0.318 e. The summed E-state index contributed by atoms with van der Waals surface area (Å²) in [6, 6.07) is 7.08. The predicted octanol–water partition coefficient (Wildman–Crippen LogP) is 3.35. The number of thioether (sulfide) groups is 1. The number of carbonyl (C=O) groups is 1. The fourth-order valence-electron chi connectivity index (χ4n) is 1.88. The molecule has 0 amide bonds. The summed E-state index contributed by atoms with van der Waals surface area (Å²) in [7, 11) is 1.36. The summed E-state index contributed by atoms with van der Waals surface area (Å²) >= 11 is 7.13. The van der Waals surface area contributed by atoms with Crippen LogP contribution in [0.25, 0.3) is 0 Å². The highest BCUT2D eigenvalue weighted by molar-refractivity contribution is 8.00. The molecule has 24 heavy (non-hydrogen) atoms. The molecule has 0 bridgehead atoms. The number of aromatic nitrogens is 3. The largest absolute Gasteiger partial charge is 0.486 e. The molecule has 0 aliphatic carbocycles. The molecular formula is C16H18ClN3O3S. The second kappa shape index (κ2) is 8.75. The first-order valence-electron chi connectivity index (χ1n) is 7.21. The van der Waals surface area contributed by atoms with Gasteiger partial charge in [0.15, 0.2) is 11.0 Å². The summed E-state index contributed by atoms with van der Waals surface area (Å²) in [4.78, 5) is 11.6. The second-order valence-corrected chi connectivity index (χ2v) is 6.57. The topological polar surface area (TPSA) is 66.2 Å². The number of hydrogen-bond acceptors (Lipinski definition) is 6. The standard InChI is InChI=1S/C16H18ClN3O3S/c1-4-9-20-14(10-23-13-7-5-12(17)6-8-13)18-19-16(20)24-11(2)15(21)22-3/h4-8,11H,1,9-10H2,2-3H3. The summed E-state index contributed by atoms with van der Waals surface area (Å²) in [5.41, 5.74) is 0. The van der Waals surface area contributed by atoms with Gasteiger partial charge in [0.2, 0.25) is 0 Å². The van der Waals surface area contributed by atoms with E-state index in [1.54, 1.807) is 37.3 Å². The summed E-state index contributed by atoms with van der Waals surface area (Å²) < 4.78 is 12.3. The first-order valence-corrected chi connectivity index (χ1v) is 8.46. The van der Waals surface area contributed by atoms with Crippen molar-refractivity contribution < 1.29 is 14.3 Å². The number of carbonyl (C=O) groups excluding carboxylic acids is 1. The van der Waals surface area contributed by atoms with E-state index in [0.29, 0.717) is 28.3 Å². The molecule has 1 heterocycles. The molecule has 0 spiro atoms. The Bertz CT molecular complexity index is 703. The van der Waals surface area contributed by atoms with Crippen LogP contribution in [-0.4, -0.2) is 33.1 Å². The van der Waals surface area contributed by atoms with Crippen molar-refractivity contribution in [3.05, 3.63) is 47.8 Å². The first-order chi connectivity index (χ1) is 11.5. The van der Waals surface area contributed by atoms with E-state index in [0.717, 1.165) is 0 Å². The molecule has 0 N–H and O–H groups in total. The van der Waals surface area contributed by atoms with E-state index in [1.165, 1.54) is 18.9 Å². The lowest BCUT2D eigenvalue weighted by atomic mass is 10.3. The van der Waals surface area contributed by atoms with Gasteiger partial charge in [-0.15, -0.1) is 16.8 Å². The molecule has 2 rings (SSSR count). The van der Waals surface area contributed by atoms with Gasteiger partial charge in [-0.2, -0.15) is 0 Å². The zero-order valence-electron chi connectivity index (χ0n) is 13.4. The maximum absolute atomic E-state index is 11.6. The number of methoxy groups -OCH3 is 1. The van der Waals surface area contributed by atoms with Crippen LogP contribution in [0.3, 0.4) is 0 Å². The number of ether oxygens (including phenoxy) is 2. The lowest BCUT2D eigenvalue weighted by Gasteiger charge is -2.11. The summed E-state index contributed by atoms with van der Waals surface area (Å²) in [5, 5.41) is 9.16. The molecule has 1 aromatic carbocycles. The number of hydrogen-bond donors (Lipinski definition) is 0. The third-order valence-electron chi connectivity index (χ3n) is 3.10. The van der Waals surface area contributed by atoms with Gasteiger partial charge in [0.25, 0.3) is 0 Å². The van der Waals surface area contributed by atoms with Gasteiger partial charge >= 0.3 is 5.97 Å². The normalized spacial score (nSPS) is 11.8. The number of benzene rings is 1. The van der Waals surface area contributed by atoms with Crippen molar-refractivity contribution in [3.8, 4) is 5.75 Å². The van der Waals surface area contributed by atoms with E-state index in [9.17, 15) is 4.79 Å². The van der Waals surface area contributed by atoms with Gasteiger partial charge in [0.1, 0.15) is 17.6 Å². The smallest absolute Gasteiger partial charge is 0.318 e. The van der Waals surface area contributed by atoms with E-state index in [4.69, 9.17) is 21.1 Å². The average molecular weight is 368 g/mol. The molecule has 0 saturated carbocycles. The van der Waals surface area contributed by atoms with Crippen LogP contribution in [0.1, 0.15) is 12.7 Å². The Morgan fingerprint density at radius 1 is 1.42 bits per heavy atom. The van der Waals surface area contributed by atoms with Gasteiger partial charge in [-0.25, -0.2) is 0 Å². The third kappa shape index (κ3) is 4.75. The van der Waals surface area contributed by atoms with Gasteiger partial charge in [0, 0.05) is 11.6 Å². The van der Waals surface area contributed by atoms with Gasteiger partial charge in [-0.1, -0.05) is 29.4 Å². The van der Waals surface area contributed by atoms with Crippen molar-refractivity contribution in [2.75, 3.05) is 7.11 Å². The minimum Gasteiger partial charge on any atom is -0.486 e. The maximum atomic E-state index is 11.6. The third-order valence-corrected chi connectivity index (χ3v) is 4.41. The lowest BCUT2D eigenvalue weighted by molar-refractivity contribution is -0.139. The number of esters is 1. The van der Waals surface area contributed by atoms with Gasteiger partial charge in [-0.3, -0.25) is 9.36 Å². The minimum absolute atomic E-state index is 0.246. The van der Waals surface area contributed by atoms with Crippen LogP contribution >= 0.6 is 23.4 Å². The Kier molecular flexibility index (Phi) is 6.69. The van der Waals surface area contributed by atoms with Gasteiger partial charge < -0.3 is 9.47 Å². The Hall–Kier alpha value is -1.99. The molecule has 8 heteroatoms. The molecule has 128 valence electrons. The fourth-order valence-corrected chi connectivity index (χ4v) is 2.91. The van der Waals surface area contributed by atoms with Crippen molar-refractivity contribution in [1.29, 1.82) is 0 Å². The molecule has 1 atom stereocenters. The van der Waals surface area contributed by atoms with E-state index >= 15 is 0 Å². The zero-order chi connectivity index (χ0) is 17.5. The van der Waals surface area contributed by atoms with Crippen molar-refractivity contribution >= 4 is 29.3 Å². The quantitative estimate of drug-likeness (QED) is 0.405. The van der Waals surface area contributed by atoms with E-state index < -0.39 is 0 Å². The number of nitrogens with zero attached hydrogens (tertiary/aromatic N) is 3. The molecule has 1 aromatic heterocycles. The SMILES string of the molecule is C=CCn1c(COc2ccc(Cl)cc2)nnc1SC(C)C(=O)OC. The predicted molar refractivity (Wildman–Crippen MR) is 93.3 cm³/mol. The van der Waals surface area contributed by atoms with Crippen LogP contribution in [0.15, 0.2) is 42.1 Å². The van der Waals surface area contributed by atoms with Crippen LogP contribution in [0.2, 0.25) is 5.02 Å². The summed E-state index contributed by atoms with van der Waals surface area (Å²) in [5.74, 6) is 1.02. The Labute approximate surface area is 149 Å². The lowest BCUT2D eigenvalue weighted by Crippen LogP contribution is -2.16. The highest BCUT2D eigenvalue weighted by atomic mass is 35.5. The second-order valence-electron chi connectivity index (χ2n) is 4.82. The molecule has 6 nitrogen and oxygen atoms in total. The molecule has 2 aromatic rings. The Morgan fingerprint density at radius 2 is 2.12 bits per heavy atom. The monoisotopic (exact) mass is 367 g/mol. The van der Waals surface area contributed by atoms with Crippen LogP contribution in [-0.2, 0) is 22.7 Å². The van der Waals surface area contributed by atoms with Gasteiger partial charge in [-0.05, 0) is 31.2 Å². The van der Waals surface area contributed by atoms with Crippen molar-refractivity contribution in [3.63, 3.8) is 0 Å². The molecular weight excluding hydrogens is 350 g/mol. The average Bonchev–Trinajstić information content (AvgIpc) is 2.96. The van der Waals surface area contributed by atoms with Crippen molar-refractivity contribution in [2.24, 2.45) is 0 Å². The van der Waals surface area contributed by atoms with E-state index in [2.05, 4.69) is 16.8 Å².